The minimum Gasteiger partial charge on any atom is -0.363 e. The van der Waals surface area contributed by atoms with Gasteiger partial charge in [-0.05, 0) is 22.9 Å². The van der Waals surface area contributed by atoms with Crippen LogP contribution >= 0.6 is 15.9 Å². The molecule has 2 aromatic heterocycles. The molecule has 0 unspecified atom stereocenters. The first-order chi connectivity index (χ1) is 7.66. The normalized spacial score (nSPS) is 10.4. The highest BCUT2D eigenvalue weighted by Crippen LogP contribution is 2.14. The largest absolute Gasteiger partial charge is 0.363 e. The molecule has 0 aliphatic carbocycles. The Bertz CT molecular complexity index is 548. The van der Waals surface area contributed by atoms with Gasteiger partial charge in [-0.25, -0.2) is 4.98 Å². The predicted octanol–water partition coefficient (Wildman–Crippen LogP) is 1.44. The van der Waals surface area contributed by atoms with Crippen LogP contribution in [-0.2, 0) is 6.54 Å². The van der Waals surface area contributed by atoms with Crippen molar-refractivity contribution in [3.05, 3.63) is 38.7 Å². The van der Waals surface area contributed by atoms with E-state index in [-0.39, 0.29) is 5.56 Å². The number of anilines is 1. The molecule has 7 heteroatoms. The standard InChI is InChI=1S/C9H9BrN4O2/c1-5-2-6(14-16-5)3-11-8-7(10)9(15)13-4-12-8/h2,4H,3H2,1H3,(H2,11,12,13,15). The zero-order valence-corrected chi connectivity index (χ0v) is 10.0. The van der Waals surface area contributed by atoms with Gasteiger partial charge in [-0.2, -0.15) is 0 Å². The van der Waals surface area contributed by atoms with Gasteiger partial charge >= 0.3 is 0 Å². The molecule has 0 radical (unpaired) electrons. The summed E-state index contributed by atoms with van der Waals surface area (Å²) in [6.07, 6.45) is 1.34. The lowest BCUT2D eigenvalue weighted by Gasteiger charge is -2.03. The van der Waals surface area contributed by atoms with Crippen molar-refractivity contribution in [3.63, 3.8) is 0 Å². The monoisotopic (exact) mass is 284 g/mol. The molecule has 0 fully saturated rings. The van der Waals surface area contributed by atoms with Crippen molar-refractivity contribution in [2.45, 2.75) is 13.5 Å². The van der Waals surface area contributed by atoms with Crippen molar-refractivity contribution >= 4 is 21.7 Å². The molecular weight excluding hydrogens is 276 g/mol. The highest BCUT2D eigenvalue weighted by atomic mass is 79.9. The van der Waals surface area contributed by atoms with Crippen LogP contribution in [0.1, 0.15) is 11.5 Å². The van der Waals surface area contributed by atoms with Crippen LogP contribution in [0, 0.1) is 6.92 Å². The third kappa shape index (κ3) is 2.30. The number of halogens is 1. The smallest absolute Gasteiger partial charge is 0.267 e. The summed E-state index contributed by atoms with van der Waals surface area (Å²) in [6, 6.07) is 1.81. The van der Waals surface area contributed by atoms with E-state index in [4.69, 9.17) is 4.52 Å². The van der Waals surface area contributed by atoms with Gasteiger partial charge in [0.2, 0.25) is 0 Å². The van der Waals surface area contributed by atoms with Gasteiger partial charge in [-0.15, -0.1) is 0 Å². The molecule has 0 saturated carbocycles. The van der Waals surface area contributed by atoms with Gasteiger partial charge in [0.25, 0.3) is 5.56 Å². The van der Waals surface area contributed by atoms with Gasteiger partial charge in [-0.3, -0.25) is 4.79 Å². The fraction of sp³-hybridized carbons (Fsp3) is 0.222. The summed E-state index contributed by atoms with van der Waals surface area (Å²) < 4.78 is 5.29. The van der Waals surface area contributed by atoms with Crippen LogP contribution in [0.15, 0.2) is 26.2 Å². The van der Waals surface area contributed by atoms with E-state index in [9.17, 15) is 4.79 Å². The van der Waals surface area contributed by atoms with Crippen molar-refractivity contribution < 1.29 is 4.52 Å². The first-order valence-corrected chi connectivity index (χ1v) is 5.35. The Kier molecular flexibility index (Phi) is 3.04. The zero-order valence-electron chi connectivity index (χ0n) is 8.45. The Labute approximate surface area is 99.2 Å². The minimum atomic E-state index is -0.228. The fourth-order valence-corrected chi connectivity index (χ4v) is 1.54. The molecule has 6 nitrogen and oxygen atoms in total. The number of nitrogens with one attached hydrogen (secondary N) is 2. The summed E-state index contributed by atoms with van der Waals surface area (Å²) in [7, 11) is 0. The summed E-state index contributed by atoms with van der Waals surface area (Å²) in [5.41, 5.74) is 0.528. The Morgan fingerprint density at radius 2 is 2.44 bits per heavy atom. The molecule has 0 aromatic carbocycles. The van der Waals surface area contributed by atoms with Crippen LogP contribution in [0.4, 0.5) is 5.82 Å². The van der Waals surface area contributed by atoms with Crippen molar-refractivity contribution in [1.82, 2.24) is 15.1 Å². The van der Waals surface area contributed by atoms with E-state index in [0.29, 0.717) is 16.8 Å². The number of aryl methyl sites for hydroxylation is 1. The van der Waals surface area contributed by atoms with Gasteiger partial charge in [0.05, 0.1) is 12.9 Å². The summed E-state index contributed by atoms with van der Waals surface area (Å²) in [6.45, 7) is 2.27. The van der Waals surface area contributed by atoms with Gasteiger partial charge in [-0.1, -0.05) is 5.16 Å². The second kappa shape index (κ2) is 4.48. The van der Waals surface area contributed by atoms with E-state index in [1.54, 1.807) is 0 Å². The number of aromatic nitrogens is 3. The maximum absolute atomic E-state index is 11.2. The van der Waals surface area contributed by atoms with E-state index in [2.05, 4.69) is 36.4 Å². The van der Waals surface area contributed by atoms with Crippen LogP contribution in [0.25, 0.3) is 0 Å². The first-order valence-electron chi connectivity index (χ1n) is 4.56. The summed E-state index contributed by atoms with van der Waals surface area (Å²) in [5, 5.41) is 6.80. The third-order valence-electron chi connectivity index (χ3n) is 1.91. The van der Waals surface area contributed by atoms with E-state index in [0.717, 1.165) is 11.5 Å². The molecule has 2 rings (SSSR count). The molecule has 2 N–H and O–H groups in total. The van der Waals surface area contributed by atoms with E-state index in [1.807, 2.05) is 13.0 Å². The molecule has 0 aliphatic rings. The lowest BCUT2D eigenvalue weighted by Crippen LogP contribution is -2.12. The van der Waals surface area contributed by atoms with E-state index < -0.39 is 0 Å². The number of rotatable bonds is 3. The molecule has 0 saturated heterocycles. The van der Waals surface area contributed by atoms with Crippen LogP contribution < -0.4 is 10.9 Å². The number of hydrogen-bond donors (Lipinski definition) is 2. The second-order valence-electron chi connectivity index (χ2n) is 3.18. The second-order valence-corrected chi connectivity index (χ2v) is 3.97. The summed E-state index contributed by atoms with van der Waals surface area (Å²) >= 11 is 3.15. The molecule has 0 spiro atoms. The van der Waals surface area contributed by atoms with Crippen LogP contribution in [0.3, 0.4) is 0 Å². The lowest BCUT2D eigenvalue weighted by molar-refractivity contribution is 0.391. The number of H-pyrrole nitrogens is 1. The van der Waals surface area contributed by atoms with Crippen molar-refractivity contribution in [3.8, 4) is 0 Å². The molecule has 0 aliphatic heterocycles. The zero-order chi connectivity index (χ0) is 11.5. The molecule has 16 heavy (non-hydrogen) atoms. The van der Waals surface area contributed by atoms with Gasteiger partial charge in [0, 0.05) is 6.07 Å². The third-order valence-corrected chi connectivity index (χ3v) is 2.65. The lowest BCUT2D eigenvalue weighted by atomic mass is 10.4. The number of nitrogens with zero attached hydrogens (tertiary/aromatic N) is 2. The minimum absolute atomic E-state index is 0.228. The van der Waals surface area contributed by atoms with Gasteiger partial charge < -0.3 is 14.8 Å². The average molecular weight is 285 g/mol. The Balaban J connectivity index is 2.10. The highest BCUT2D eigenvalue weighted by molar-refractivity contribution is 9.10. The topological polar surface area (TPSA) is 83.8 Å². The van der Waals surface area contributed by atoms with E-state index >= 15 is 0 Å². The molecule has 0 amide bonds. The number of hydrogen-bond acceptors (Lipinski definition) is 5. The Morgan fingerprint density at radius 1 is 1.62 bits per heavy atom. The molecule has 2 heterocycles. The molecule has 0 bridgehead atoms. The van der Waals surface area contributed by atoms with Crippen LogP contribution in [0.2, 0.25) is 0 Å². The SMILES string of the molecule is Cc1cc(CNc2nc[nH]c(=O)c2Br)no1. The number of aromatic amines is 1. The highest BCUT2D eigenvalue weighted by Gasteiger charge is 2.06. The maximum atomic E-state index is 11.2. The van der Waals surface area contributed by atoms with Crippen LogP contribution in [-0.4, -0.2) is 15.1 Å². The fourth-order valence-electron chi connectivity index (χ4n) is 1.18. The summed E-state index contributed by atoms with van der Waals surface area (Å²) in [5.74, 6) is 1.22. The van der Waals surface area contributed by atoms with Crippen molar-refractivity contribution in [1.29, 1.82) is 0 Å². The van der Waals surface area contributed by atoms with Crippen LogP contribution in [0.5, 0.6) is 0 Å². The van der Waals surface area contributed by atoms with Gasteiger partial charge in [0.15, 0.2) is 0 Å². The summed E-state index contributed by atoms with van der Waals surface area (Å²) in [4.78, 5) is 17.7. The molecule has 0 atom stereocenters. The van der Waals surface area contributed by atoms with Crippen molar-refractivity contribution in [2.24, 2.45) is 0 Å². The molecular formula is C9H9BrN4O2. The average Bonchev–Trinajstić information content (AvgIpc) is 2.67. The quantitative estimate of drug-likeness (QED) is 0.891. The first kappa shape index (κ1) is 10.9. The maximum Gasteiger partial charge on any atom is 0.267 e. The Hall–Kier alpha value is -1.63. The Morgan fingerprint density at radius 3 is 3.12 bits per heavy atom. The van der Waals surface area contributed by atoms with Gasteiger partial charge in [0.1, 0.15) is 21.7 Å². The molecule has 84 valence electrons. The molecule has 2 aromatic rings. The predicted molar refractivity (Wildman–Crippen MR) is 61.1 cm³/mol. The van der Waals surface area contributed by atoms with Crippen molar-refractivity contribution in [2.75, 3.05) is 5.32 Å². The van der Waals surface area contributed by atoms with E-state index in [1.165, 1.54) is 6.33 Å².